The Labute approximate surface area is 191 Å². The van der Waals surface area contributed by atoms with Crippen LogP contribution in [0.25, 0.3) is 0 Å². The number of amides is 1. The molecule has 1 N–H and O–H groups in total. The smallest absolute Gasteiger partial charge is 0.271 e. The fraction of sp³-hybridized carbons (Fsp3) is 0.381. The van der Waals surface area contributed by atoms with Gasteiger partial charge in [-0.2, -0.15) is 0 Å². The molecular weight excluding hydrogens is 454 g/mol. The Kier molecular flexibility index (Phi) is 7.59. The fourth-order valence-corrected chi connectivity index (χ4v) is 4.28. The summed E-state index contributed by atoms with van der Waals surface area (Å²) in [5.74, 6) is 1.15. The molecule has 33 heavy (non-hydrogen) atoms. The van der Waals surface area contributed by atoms with Gasteiger partial charge in [-0.05, 0) is 24.6 Å². The molecule has 3 rings (SSSR count). The first-order chi connectivity index (χ1) is 15.7. The average Bonchev–Trinajstić information content (AvgIpc) is 2.79. The van der Waals surface area contributed by atoms with Crippen LogP contribution < -0.4 is 23.8 Å². The predicted molar refractivity (Wildman–Crippen MR) is 120 cm³/mol. The molecule has 2 aromatic carbocycles. The highest BCUT2D eigenvalue weighted by molar-refractivity contribution is 7.92. The number of nitrogens with zero attached hydrogens (tertiary/aromatic N) is 2. The van der Waals surface area contributed by atoms with Crippen molar-refractivity contribution in [2.24, 2.45) is 0 Å². The second-order valence-electron chi connectivity index (χ2n) is 7.35. The summed E-state index contributed by atoms with van der Waals surface area (Å²) < 4.78 is 42.3. The molecule has 0 radical (unpaired) electrons. The van der Waals surface area contributed by atoms with E-state index in [4.69, 9.17) is 14.2 Å². The van der Waals surface area contributed by atoms with Crippen molar-refractivity contribution in [2.75, 3.05) is 37.4 Å². The Morgan fingerprint density at radius 2 is 2.00 bits per heavy atom. The van der Waals surface area contributed by atoms with Gasteiger partial charge in [0.2, 0.25) is 15.9 Å². The zero-order valence-electron chi connectivity index (χ0n) is 18.2. The number of fused-ring (bicyclic) bond motifs is 1. The summed E-state index contributed by atoms with van der Waals surface area (Å²) in [7, 11) is -2.44. The summed E-state index contributed by atoms with van der Waals surface area (Å²) in [6.07, 6.45) is 0.887. The number of nitro benzene ring substituents is 1. The maximum atomic E-state index is 12.4. The van der Waals surface area contributed by atoms with Gasteiger partial charge in [0, 0.05) is 25.1 Å². The van der Waals surface area contributed by atoms with Gasteiger partial charge < -0.3 is 19.5 Å². The van der Waals surface area contributed by atoms with E-state index in [-0.39, 0.29) is 55.1 Å². The van der Waals surface area contributed by atoms with Crippen LogP contribution >= 0.6 is 0 Å². The van der Waals surface area contributed by atoms with E-state index in [0.29, 0.717) is 18.1 Å². The average molecular weight is 480 g/mol. The third kappa shape index (κ3) is 6.25. The molecule has 1 amide bonds. The summed E-state index contributed by atoms with van der Waals surface area (Å²) in [4.78, 5) is 22.8. The summed E-state index contributed by atoms with van der Waals surface area (Å²) in [6, 6.07) is 11.0. The Balaban J connectivity index is 1.57. The van der Waals surface area contributed by atoms with Crippen LogP contribution in [0.4, 0.5) is 11.4 Å². The molecule has 0 aromatic heterocycles. The molecule has 1 aliphatic rings. The van der Waals surface area contributed by atoms with Crippen LogP contribution in [0.3, 0.4) is 0 Å². The largest absolute Gasteiger partial charge is 0.495 e. The number of methoxy groups -OCH3 is 1. The second-order valence-corrected chi connectivity index (χ2v) is 9.26. The van der Waals surface area contributed by atoms with Crippen LogP contribution in [0.15, 0.2) is 42.5 Å². The lowest BCUT2D eigenvalue weighted by molar-refractivity contribution is -0.384. The van der Waals surface area contributed by atoms with Crippen LogP contribution in [0, 0.1) is 10.1 Å². The van der Waals surface area contributed by atoms with Crippen molar-refractivity contribution in [3.63, 3.8) is 0 Å². The normalized spacial score (nSPS) is 14.9. The molecule has 0 bridgehead atoms. The van der Waals surface area contributed by atoms with Crippen molar-refractivity contribution in [3.05, 3.63) is 52.6 Å². The van der Waals surface area contributed by atoms with Gasteiger partial charge in [-0.15, -0.1) is 0 Å². The summed E-state index contributed by atoms with van der Waals surface area (Å²) in [6.45, 7) is 0.480. The van der Waals surface area contributed by atoms with Crippen LogP contribution in [0.5, 0.6) is 17.2 Å². The monoisotopic (exact) mass is 479 g/mol. The van der Waals surface area contributed by atoms with Crippen LogP contribution in [0.2, 0.25) is 0 Å². The minimum absolute atomic E-state index is 0.0426. The Morgan fingerprint density at radius 3 is 2.67 bits per heavy atom. The van der Waals surface area contributed by atoms with Crippen molar-refractivity contribution >= 4 is 27.3 Å². The van der Waals surface area contributed by atoms with E-state index in [1.165, 1.54) is 19.2 Å². The minimum Gasteiger partial charge on any atom is -0.495 e. The number of hydrogen-bond donors (Lipinski definition) is 1. The predicted octanol–water partition coefficient (Wildman–Crippen LogP) is 2.11. The first kappa shape index (κ1) is 24.1. The van der Waals surface area contributed by atoms with E-state index in [2.05, 4.69) is 5.32 Å². The summed E-state index contributed by atoms with van der Waals surface area (Å²) in [5, 5.41) is 13.9. The SMILES string of the molecule is COc1ccc([N+](=O)[O-])cc1N(CCCC(=O)NCC1COc2ccccc2O1)S(C)(=O)=O. The van der Waals surface area contributed by atoms with E-state index in [1.54, 1.807) is 12.1 Å². The number of nitro groups is 1. The standard InChI is InChI=1S/C21H25N3O8S/c1-30-18-10-9-15(24(26)27)12-17(18)23(33(2,28)29)11-5-8-21(25)22-13-16-14-31-19-6-3-4-7-20(19)32-16/h3-4,6-7,9-10,12,16H,5,8,11,13-14H2,1-2H3,(H,22,25). The van der Waals surface area contributed by atoms with E-state index < -0.39 is 14.9 Å². The second kappa shape index (κ2) is 10.4. The Bertz CT molecular complexity index is 1120. The highest BCUT2D eigenvalue weighted by Gasteiger charge is 2.24. The Hall–Kier alpha value is -3.54. The number of hydrogen-bond acceptors (Lipinski definition) is 8. The third-order valence-electron chi connectivity index (χ3n) is 4.90. The third-order valence-corrected chi connectivity index (χ3v) is 6.08. The van der Waals surface area contributed by atoms with Gasteiger partial charge in [-0.3, -0.25) is 19.2 Å². The van der Waals surface area contributed by atoms with Crippen LogP contribution in [0.1, 0.15) is 12.8 Å². The lowest BCUT2D eigenvalue weighted by atomic mass is 10.2. The highest BCUT2D eigenvalue weighted by atomic mass is 32.2. The zero-order valence-corrected chi connectivity index (χ0v) is 19.0. The van der Waals surface area contributed by atoms with Gasteiger partial charge in [-0.25, -0.2) is 8.42 Å². The molecule has 0 aliphatic carbocycles. The maximum absolute atomic E-state index is 12.4. The number of sulfonamides is 1. The van der Waals surface area contributed by atoms with E-state index in [0.717, 1.165) is 16.6 Å². The topological polar surface area (TPSA) is 137 Å². The van der Waals surface area contributed by atoms with Gasteiger partial charge in [0.15, 0.2) is 11.5 Å². The van der Waals surface area contributed by atoms with Gasteiger partial charge >= 0.3 is 0 Å². The molecule has 1 heterocycles. The highest BCUT2D eigenvalue weighted by Crippen LogP contribution is 2.34. The summed E-state index contributed by atoms with van der Waals surface area (Å²) in [5.41, 5.74) is -0.227. The van der Waals surface area contributed by atoms with Crippen molar-refractivity contribution in [1.82, 2.24) is 5.32 Å². The molecule has 1 atom stereocenters. The van der Waals surface area contributed by atoms with Gasteiger partial charge in [0.1, 0.15) is 24.1 Å². The fourth-order valence-electron chi connectivity index (χ4n) is 3.31. The molecule has 1 aliphatic heterocycles. The van der Waals surface area contributed by atoms with E-state index >= 15 is 0 Å². The number of benzene rings is 2. The maximum Gasteiger partial charge on any atom is 0.271 e. The van der Waals surface area contributed by atoms with Crippen molar-refractivity contribution < 1.29 is 32.3 Å². The zero-order chi connectivity index (χ0) is 24.0. The number of para-hydroxylation sites is 2. The van der Waals surface area contributed by atoms with Gasteiger partial charge in [-0.1, -0.05) is 12.1 Å². The first-order valence-corrected chi connectivity index (χ1v) is 12.0. The van der Waals surface area contributed by atoms with Crippen LogP contribution in [-0.4, -0.2) is 58.4 Å². The number of ether oxygens (including phenoxy) is 3. The number of carbonyl (C=O) groups is 1. The molecule has 11 nitrogen and oxygen atoms in total. The number of rotatable bonds is 10. The number of nitrogens with one attached hydrogen (secondary N) is 1. The molecule has 178 valence electrons. The van der Waals surface area contributed by atoms with Crippen molar-refractivity contribution in [1.29, 1.82) is 0 Å². The van der Waals surface area contributed by atoms with Crippen molar-refractivity contribution in [2.45, 2.75) is 18.9 Å². The van der Waals surface area contributed by atoms with Gasteiger partial charge in [0.25, 0.3) is 5.69 Å². The minimum atomic E-state index is -3.79. The molecule has 2 aromatic rings. The van der Waals surface area contributed by atoms with E-state index in [9.17, 15) is 23.3 Å². The summed E-state index contributed by atoms with van der Waals surface area (Å²) >= 11 is 0. The van der Waals surface area contributed by atoms with Crippen molar-refractivity contribution in [3.8, 4) is 17.2 Å². The Morgan fingerprint density at radius 1 is 1.27 bits per heavy atom. The lowest BCUT2D eigenvalue weighted by Crippen LogP contribution is -2.41. The lowest BCUT2D eigenvalue weighted by Gasteiger charge is -2.26. The quantitative estimate of drug-likeness (QED) is 0.404. The molecular formula is C21H25N3O8S. The van der Waals surface area contributed by atoms with E-state index in [1.807, 2.05) is 12.1 Å². The molecule has 0 saturated carbocycles. The first-order valence-electron chi connectivity index (χ1n) is 10.1. The van der Waals surface area contributed by atoms with Gasteiger partial charge in [0.05, 0.1) is 24.8 Å². The molecule has 0 saturated heterocycles. The molecule has 0 spiro atoms. The number of non-ortho nitro benzene ring substituents is 1. The molecule has 1 unspecified atom stereocenters. The number of anilines is 1. The van der Waals surface area contributed by atoms with Crippen LogP contribution in [-0.2, 0) is 14.8 Å². The number of carbonyl (C=O) groups excluding carboxylic acids is 1. The molecule has 12 heteroatoms. The molecule has 0 fully saturated rings.